The van der Waals surface area contributed by atoms with Gasteiger partial charge in [-0.1, -0.05) is 6.07 Å². The van der Waals surface area contributed by atoms with Crippen LogP contribution in [0.2, 0.25) is 0 Å². The summed E-state index contributed by atoms with van der Waals surface area (Å²) in [5.41, 5.74) is 1.88. The second kappa shape index (κ2) is 4.38. The van der Waals surface area contributed by atoms with Crippen molar-refractivity contribution in [2.24, 2.45) is 5.84 Å². The molecule has 6 nitrogen and oxygen atoms in total. The van der Waals surface area contributed by atoms with Gasteiger partial charge in [-0.05, 0) is 24.6 Å². The maximum atomic E-state index is 10.7. The first-order valence-electron chi connectivity index (χ1n) is 4.61. The molecular formula is C10H14N2O4. The number of carboxylic acids is 1. The molecule has 1 atom stereocenters. The predicted octanol–water partition coefficient (Wildman–Crippen LogP) is 0.251. The number of hydrazine groups is 1. The quantitative estimate of drug-likeness (QED) is 0.285. The first-order valence-corrected chi connectivity index (χ1v) is 4.61. The summed E-state index contributed by atoms with van der Waals surface area (Å²) in [5, 5.41) is 27.2. The summed E-state index contributed by atoms with van der Waals surface area (Å²) in [5.74, 6) is 3.72. The monoisotopic (exact) mass is 226 g/mol. The van der Waals surface area contributed by atoms with Crippen molar-refractivity contribution in [2.45, 2.75) is 18.9 Å². The van der Waals surface area contributed by atoms with Gasteiger partial charge in [-0.25, -0.2) is 5.43 Å². The number of benzene rings is 1. The number of hydrogen-bond acceptors (Lipinski definition) is 5. The minimum Gasteiger partial charge on any atom is -0.504 e. The highest BCUT2D eigenvalue weighted by Crippen LogP contribution is 2.31. The Kier molecular flexibility index (Phi) is 3.36. The first-order chi connectivity index (χ1) is 7.39. The number of nitrogens with two attached hydrogens (primary N) is 1. The van der Waals surface area contributed by atoms with E-state index in [0.29, 0.717) is 5.56 Å². The van der Waals surface area contributed by atoms with Gasteiger partial charge in [0.15, 0.2) is 11.5 Å². The van der Waals surface area contributed by atoms with E-state index in [1.165, 1.54) is 18.2 Å². The molecular weight excluding hydrogens is 212 g/mol. The number of hydrogen-bond donors (Lipinski definition) is 5. The third-order valence-electron chi connectivity index (χ3n) is 2.44. The number of aromatic hydroxyl groups is 2. The molecule has 0 amide bonds. The van der Waals surface area contributed by atoms with Crippen molar-refractivity contribution < 1.29 is 20.1 Å². The fourth-order valence-corrected chi connectivity index (χ4v) is 1.41. The molecule has 6 heteroatoms. The topological polar surface area (TPSA) is 116 Å². The highest BCUT2D eigenvalue weighted by atomic mass is 16.4. The van der Waals surface area contributed by atoms with E-state index in [1.54, 1.807) is 6.92 Å². The molecule has 0 fully saturated rings. The fourth-order valence-electron chi connectivity index (χ4n) is 1.41. The smallest absolute Gasteiger partial charge is 0.305 e. The van der Waals surface area contributed by atoms with E-state index in [-0.39, 0.29) is 17.9 Å². The zero-order chi connectivity index (χ0) is 12.3. The van der Waals surface area contributed by atoms with Gasteiger partial charge in [0.1, 0.15) is 0 Å². The average molecular weight is 226 g/mol. The van der Waals surface area contributed by atoms with Crippen LogP contribution >= 0.6 is 0 Å². The van der Waals surface area contributed by atoms with Gasteiger partial charge in [-0.3, -0.25) is 10.6 Å². The third kappa shape index (κ3) is 2.41. The second-order valence-electron chi connectivity index (χ2n) is 3.75. The Labute approximate surface area is 92.3 Å². The number of phenols is 2. The molecule has 0 spiro atoms. The Morgan fingerprint density at radius 3 is 2.50 bits per heavy atom. The molecule has 0 radical (unpaired) electrons. The van der Waals surface area contributed by atoms with E-state index in [4.69, 9.17) is 16.1 Å². The molecule has 1 rings (SSSR count). The van der Waals surface area contributed by atoms with Crippen molar-refractivity contribution in [2.75, 3.05) is 0 Å². The molecule has 0 aliphatic heterocycles. The van der Waals surface area contributed by atoms with E-state index in [9.17, 15) is 9.90 Å². The van der Waals surface area contributed by atoms with Crippen LogP contribution in [0.3, 0.4) is 0 Å². The van der Waals surface area contributed by atoms with Gasteiger partial charge in [0.25, 0.3) is 0 Å². The van der Waals surface area contributed by atoms with Crippen LogP contribution in [-0.4, -0.2) is 21.3 Å². The van der Waals surface area contributed by atoms with E-state index in [2.05, 4.69) is 5.43 Å². The highest BCUT2D eigenvalue weighted by molar-refractivity contribution is 5.69. The van der Waals surface area contributed by atoms with Crippen LogP contribution in [-0.2, 0) is 10.3 Å². The van der Waals surface area contributed by atoms with Gasteiger partial charge < -0.3 is 15.3 Å². The molecule has 88 valence electrons. The normalized spacial score (nSPS) is 14.4. The summed E-state index contributed by atoms with van der Waals surface area (Å²) in [7, 11) is 0. The Hall–Kier alpha value is -1.79. The molecule has 0 aliphatic carbocycles. The van der Waals surface area contributed by atoms with Crippen molar-refractivity contribution in [3.63, 3.8) is 0 Å². The summed E-state index contributed by atoms with van der Waals surface area (Å²) in [4.78, 5) is 10.7. The average Bonchev–Trinajstić information content (AvgIpc) is 2.21. The van der Waals surface area contributed by atoms with Gasteiger partial charge >= 0.3 is 5.97 Å². The van der Waals surface area contributed by atoms with Crippen LogP contribution in [0.1, 0.15) is 18.9 Å². The van der Waals surface area contributed by atoms with E-state index >= 15 is 0 Å². The molecule has 1 unspecified atom stereocenters. The van der Waals surface area contributed by atoms with E-state index < -0.39 is 11.5 Å². The molecule has 0 saturated heterocycles. The molecule has 16 heavy (non-hydrogen) atoms. The van der Waals surface area contributed by atoms with E-state index in [0.717, 1.165) is 0 Å². The zero-order valence-electron chi connectivity index (χ0n) is 8.77. The fraction of sp³-hybridized carbons (Fsp3) is 0.300. The number of carbonyl (C=O) groups is 1. The molecule has 6 N–H and O–H groups in total. The third-order valence-corrected chi connectivity index (χ3v) is 2.44. The number of nitrogens with one attached hydrogen (secondary N) is 1. The van der Waals surface area contributed by atoms with Crippen molar-refractivity contribution in [3.05, 3.63) is 23.8 Å². The van der Waals surface area contributed by atoms with Crippen LogP contribution in [0.5, 0.6) is 11.5 Å². The van der Waals surface area contributed by atoms with Crippen LogP contribution in [0.25, 0.3) is 0 Å². The van der Waals surface area contributed by atoms with Gasteiger partial charge in [-0.15, -0.1) is 0 Å². The summed E-state index contributed by atoms with van der Waals surface area (Å²) in [6, 6.07) is 4.05. The minimum absolute atomic E-state index is 0.242. The van der Waals surface area contributed by atoms with Crippen molar-refractivity contribution in [1.29, 1.82) is 0 Å². The lowest BCUT2D eigenvalue weighted by molar-refractivity contribution is -0.138. The molecule has 1 aromatic carbocycles. The Bertz CT molecular complexity index is 408. The summed E-state index contributed by atoms with van der Waals surface area (Å²) in [6.07, 6.45) is -0.242. The molecule has 0 saturated carbocycles. The van der Waals surface area contributed by atoms with Crippen molar-refractivity contribution in [3.8, 4) is 11.5 Å². The van der Waals surface area contributed by atoms with Crippen molar-refractivity contribution in [1.82, 2.24) is 5.43 Å². The van der Waals surface area contributed by atoms with Crippen LogP contribution in [0.15, 0.2) is 18.2 Å². The highest BCUT2D eigenvalue weighted by Gasteiger charge is 2.29. The predicted molar refractivity (Wildman–Crippen MR) is 56.7 cm³/mol. The maximum Gasteiger partial charge on any atom is 0.305 e. The van der Waals surface area contributed by atoms with Gasteiger partial charge in [0, 0.05) is 0 Å². The minimum atomic E-state index is -1.02. The van der Waals surface area contributed by atoms with Gasteiger partial charge in [-0.2, -0.15) is 0 Å². The SMILES string of the molecule is CC(CC(=O)O)(NN)c1ccc(O)c(O)c1. The largest absolute Gasteiger partial charge is 0.504 e. The van der Waals surface area contributed by atoms with Crippen molar-refractivity contribution >= 4 is 5.97 Å². The maximum absolute atomic E-state index is 10.7. The lowest BCUT2D eigenvalue weighted by atomic mass is 9.89. The lowest BCUT2D eigenvalue weighted by Gasteiger charge is -2.27. The number of carboxylic acid groups (broad SMARTS) is 1. The standard InChI is InChI=1S/C10H14N2O4/c1-10(12-11,5-9(15)16)6-2-3-7(13)8(14)4-6/h2-4,12-14H,5,11H2,1H3,(H,15,16). The van der Waals surface area contributed by atoms with Gasteiger partial charge in [0.2, 0.25) is 0 Å². The van der Waals surface area contributed by atoms with Crippen LogP contribution < -0.4 is 11.3 Å². The first kappa shape index (κ1) is 12.3. The van der Waals surface area contributed by atoms with Crippen LogP contribution in [0.4, 0.5) is 0 Å². The molecule has 0 bridgehead atoms. The Morgan fingerprint density at radius 2 is 2.06 bits per heavy atom. The molecule has 1 aromatic rings. The molecule has 0 aromatic heterocycles. The lowest BCUT2D eigenvalue weighted by Crippen LogP contribution is -2.45. The second-order valence-corrected chi connectivity index (χ2v) is 3.75. The molecule has 0 aliphatic rings. The molecule has 0 heterocycles. The summed E-state index contributed by atoms with van der Waals surface area (Å²) < 4.78 is 0. The Morgan fingerprint density at radius 1 is 1.44 bits per heavy atom. The van der Waals surface area contributed by atoms with Crippen LogP contribution in [0, 0.1) is 0 Å². The van der Waals surface area contributed by atoms with Gasteiger partial charge in [0.05, 0.1) is 12.0 Å². The van der Waals surface area contributed by atoms with E-state index in [1.807, 2.05) is 0 Å². The summed E-state index contributed by atoms with van der Waals surface area (Å²) >= 11 is 0. The Balaban J connectivity index is 3.12. The number of phenolic OH excluding ortho intramolecular Hbond substituents is 2. The zero-order valence-corrected chi connectivity index (χ0v) is 8.77. The number of aliphatic carboxylic acids is 1. The summed E-state index contributed by atoms with van der Waals surface area (Å²) in [6.45, 7) is 1.59. The number of rotatable bonds is 4.